The van der Waals surface area contributed by atoms with Crippen LogP contribution in [0.4, 0.5) is 0 Å². The van der Waals surface area contributed by atoms with E-state index in [1.54, 1.807) is 20.8 Å². The lowest BCUT2D eigenvalue weighted by Gasteiger charge is -2.26. The molecule has 0 fully saturated rings. The minimum atomic E-state index is -1.08. The summed E-state index contributed by atoms with van der Waals surface area (Å²) in [6, 6.07) is 0.661. The molecule has 3 N–H and O–H groups in total. The van der Waals surface area contributed by atoms with Crippen LogP contribution in [0.3, 0.4) is 0 Å². The molecule has 0 bridgehead atoms. The normalized spacial score (nSPS) is 13.2. The van der Waals surface area contributed by atoms with E-state index in [-0.39, 0.29) is 10.7 Å². The average Bonchev–Trinajstić information content (AvgIpc) is 2.20. The van der Waals surface area contributed by atoms with Gasteiger partial charge in [0.1, 0.15) is 10.7 Å². The molecule has 0 unspecified atom stereocenters. The molecule has 0 aromatic carbocycles. The van der Waals surface area contributed by atoms with Gasteiger partial charge in [0.2, 0.25) is 0 Å². The Balaban J connectivity index is 2.91. The molecule has 0 spiro atoms. The molecular formula is C10H14ClN3O3. The molecule has 0 saturated carbocycles. The van der Waals surface area contributed by atoms with E-state index in [4.69, 9.17) is 11.6 Å². The van der Waals surface area contributed by atoms with Crippen LogP contribution in [0.15, 0.2) is 10.9 Å². The molecule has 7 heteroatoms. The van der Waals surface area contributed by atoms with Crippen LogP contribution in [-0.4, -0.2) is 32.9 Å². The number of hydrogen-bond donors (Lipinski definition) is 3. The van der Waals surface area contributed by atoms with Crippen LogP contribution in [0.1, 0.15) is 31.1 Å². The fourth-order valence-corrected chi connectivity index (χ4v) is 1.15. The maximum Gasteiger partial charge on any atom is 0.277 e. The van der Waals surface area contributed by atoms with E-state index in [9.17, 15) is 14.7 Å². The van der Waals surface area contributed by atoms with E-state index < -0.39 is 23.1 Å². The van der Waals surface area contributed by atoms with E-state index in [2.05, 4.69) is 15.5 Å². The van der Waals surface area contributed by atoms with Crippen molar-refractivity contribution < 1.29 is 9.90 Å². The quantitative estimate of drug-likeness (QED) is 0.728. The Bertz CT molecular complexity index is 478. The van der Waals surface area contributed by atoms with E-state index in [0.717, 1.165) is 0 Å². The number of aliphatic hydroxyl groups is 1. The molecule has 1 atom stereocenters. The van der Waals surface area contributed by atoms with Crippen LogP contribution in [0.2, 0.25) is 5.15 Å². The molecule has 0 aliphatic carbocycles. The van der Waals surface area contributed by atoms with Crippen LogP contribution < -0.4 is 10.9 Å². The van der Waals surface area contributed by atoms with E-state index in [1.165, 1.54) is 6.07 Å². The molecule has 1 amide bonds. The van der Waals surface area contributed by atoms with Gasteiger partial charge >= 0.3 is 0 Å². The summed E-state index contributed by atoms with van der Waals surface area (Å²) in [5, 5.41) is 17.7. The van der Waals surface area contributed by atoms with Gasteiger partial charge in [0.05, 0.1) is 11.6 Å². The summed E-state index contributed by atoms with van der Waals surface area (Å²) in [5.41, 5.74) is -1.85. The molecule has 0 radical (unpaired) electrons. The van der Waals surface area contributed by atoms with Crippen molar-refractivity contribution in [3.63, 3.8) is 0 Å². The van der Waals surface area contributed by atoms with Crippen LogP contribution in [0.5, 0.6) is 0 Å². The van der Waals surface area contributed by atoms with Crippen molar-refractivity contribution >= 4 is 17.5 Å². The molecule has 0 aliphatic rings. The highest BCUT2D eigenvalue weighted by Gasteiger charge is 2.25. The number of H-pyrrole nitrogens is 1. The Morgan fingerprint density at radius 2 is 2.24 bits per heavy atom. The van der Waals surface area contributed by atoms with Gasteiger partial charge in [0.15, 0.2) is 0 Å². The van der Waals surface area contributed by atoms with Gasteiger partial charge in [-0.3, -0.25) is 9.59 Å². The van der Waals surface area contributed by atoms with Gasteiger partial charge in [0.25, 0.3) is 11.5 Å². The second-order valence-electron chi connectivity index (χ2n) is 4.28. The summed E-state index contributed by atoms with van der Waals surface area (Å²) in [6.45, 7) is 4.75. The van der Waals surface area contributed by atoms with Crippen LogP contribution in [0.25, 0.3) is 0 Å². The first-order valence-electron chi connectivity index (χ1n) is 5.00. The summed E-state index contributed by atoms with van der Waals surface area (Å²) >= 11 is 5.58. The third kappa shape index (κ3) is 3.54. The molecule has 1 heterocycles. The highest BCUT2D eigenvalue weighted by atomic mass is 35.5. The zero-order valence-electron chi connectivity index (χ0n) is 9.74. The van der Waals surface area contributed by atoms with Crippen molar-refractivity contribution in [2.24, 2.45) is 0 Å². The first-order chi connectivity index (χ1) is 7.71. The topological polar surface area (TPSA) is 95.1 Å². The zero-order chi connectivity index (χ0) is 13.2. The maximum absolute atomic E-state index is 11.7. The number of aromatic nitrogens is 2. The minimum absolute atomic E-state index is 0.0191. The Morgan fingerprint density at radius 3 is 2.76 bits per heavy atom. The summed E-state index contributed by atoms with van der Waals surface area (Å²) in [4.78, 5) is 23.1. The third-order valence-corrected chi connectivity index (χ3v) is 2.62. The molecule has 1 aromatic heterocycles. The lowest BCUT2D eigenvalue weighted by molar-refractivity contribution is 0.0408. The van der Waals surface area contributed by atoms with Crippen molar-refractivity contribution in [2.75, 3.05) is 0 Å². The Labute approximate surface area is 103 Å². The third-order valence-electron chi connectivity index (χ3n) is 2.42. The number of carbonyl (C=O) groups is 1. The number of nitrogens with zero attached hydrogens (tertiary/aromatic N) is 1. The number of aromatic amines is 1. The maximum atomic E-state index is 11.7. The minimum Gasteiger partial charge on any atom is -0.388 e. The van der Waals surface area contributed by atoms with Gasteiger partial charge in [-0.25, -0.2) is 5.10 Å². The molecule has 1 rings (SSSR count). The monoisotopic (exact) mass is 259 g/mol. The van der Waals surface area contributed by atoms with Crippen LogP contribution in [0, 0.1) is 0 Å². The number of carbonyl (C=O) groups excluding carboxylic acids is 1. The predicted molar refractivity (Wildman–Crippen MR) is 63.1 cm³/mol. The second kappa shape index (κ2) is 4.85. The molecule has 0 aliphatic heterocycles. The van der Waals surface area contributed by atoms with Gasteiger partial charge in [0, 0.05) is 0 Å². The average molecular weight is 260 g/mol. The summed E-state index contributed by atoms with van der Waals surface area (Å²) in [5.74, 6) is -0.606. The fourth-order valence-electron chi connectivity index (χ4n) is 1.00. The predicted octanol–water partition coefficient (Wildman–Crippen LogP) is 0.312. The van der Waals surface area contributed by atoms with Gasteiger partial charge in [-0.1, -0.05) is 11.6 Å². The smallest absolute Gasteiger partial charge is 0.277 e. The van der Waals surface area contributed by atoms with Crippen molar-refractivity contribution in [1.82, 2.24) is 15.5 Å². The van der Waals surface area contributed by atoms with Crippen molar-refractivity contribution in [2.45, 2.75) is 32.4 Å². The lowest BCUT2D eigenvalue weighted by atomic mass is 10.0. The molecule has 1 aromatic rings. The van der Waals surface area contributed by atoms with Crippen molar-refractivity contribution in [1.29, 1.82) is 0 Å². The van der Waals surface area contributed by atoms with Crippen molar-refractivity contribution in [3.05, 3.63) is 27.1 Å². The molecular weight excluding hydrogens is 246 g/mol. The molecule has 6 nitrogen and oxygen atoms in total. The summed E-state index contributed by atoms with van der Waals surface area (Å²) < 4.78 is 0. The van der Waals surface area contributed by atoms with E-state index in [0.29, 0.717) is 0 Å². The van der Waals surface area contributed by atoms with Gasteiger partial charge in [-0.15, -0.1) is 0 Å². The highest BCUT2D eigenvalue weighted by molar-refractivity contribution is 6.29. The highest BCUT2D eigenvalue weighted by Crippen LogP contribution is 2.08. The Hall–Kier alpha value is -1.40. The summed E-state index contributed by atoms with van der Waals surface area (Å²) in [7, 11) is 0. The van der Waals surface area contributed by atoms with Gasteiger partial charge in [-0.2, -0.15) is 5.10 Å². The van der Waals surface area contributed by atoms with Crippen LogP contribution in [-0.2, 0) is 0 Å². The number of rotatable bonds is 3. The molecule has 0 saturated heterocycles. The number of nitrogens with one attached hydrogen (secondary N) is 2. The fraction of sp³-hybridized carbons (Fsp3) is 0.500. The number of hydrogen-bond acceptors (Lipinski definition) is 4. The first-order valence-corrected chi connectivity index (χ1v) is 5.38. The standard InChI is InChI=1S/C10H14ClN3O3/c1-5(10(2,3)17)12-8(15)6-4-7(11)13-14-9(6)16/h4-5,17H,1-3H3,(H,12,15)(H,14,16)/t5-/m1/s1. The Morgan fingerprint density at radius 1 is 1.65 bits per heavy atom. The number of halogens is 1. The first kappa shape index (κ1) is 13.7. The van der Waals surface area contributed by atoms with E-state index in [1.807, 2.05) is 0 Å². The summed E-state index contributed by atoms with van der Waals surface area (Å²) in [6.07, 6.45) is 0. The Kier molecular flexibility index (Phi) is 3.90. The molecule has 94 valence electrons. The van der Waals surface area contributed by atoms with Gasteiger partial charge < -0.3 is 10.4 Å². The zero-order valence-corrected chi connectivity index (χ0v) is 10.5. The van der Waals surface area contributed by atoms with E-state index >= 15 is 0 Å². The van der Waals surface area contributed by atoms with Crippen LogP contribution >= 0.6 is 11.6 Å². The SMILES string of the molecule is C[C@@H](NC(=O)c1cc(Cl)n[nH]c1=O)C(C)(C)O. The largest absolute Gasteiger partial charge is 0.388 e. The second-order valence-corrected chi connectivity index (χ2v) is 4.67. The van der Waals surface area contributed by atoms with Crippen molar-refractivity contribution in [3.8, 4) is 0 Å². The number of amides is 1. The van der Waals surface area contributed by atoms with Gasteiger partial charge in [-0.05, 0) is 26.8 Å². The molecule has 17 heavy (non-hydrogen) atoms. The lowest BCUT2D eigenvalue weighted by Crippen LogP contribution is -2.48.